The third kappa shape index (κ3) is 2.47. The van der Waals surface area contributed by atoms with E-state index < -0.39 is 0 Å². The summed E-state index contributed by atoms with van der Waals surface area (Å²) in [6.07, 6.45) is 3.38. The monoisotopic (exact) mass is 238 g/mol. The van der Waals surface area contributed by atoms with E-state index >= 15 is 0 Å². The zero-order chi connectivity index (χ0) is 11.5. The number of anilines is 1. The highest BCUT2D eigenvalue weighted by Gasteiger charge is 2.19. The topological polar surface area (TPSA) is 41.1 Å². The number of hydrogen-bond donors (Lipinski definition) is 2. The molecule has 0 bridgehead atoms. The quantitative estimate of drug-likeness (QED) is 0.815. The number of carbonyl (C=O) groups excluding carboxylic acids is 1. The van der Waals surface area contributed by atoms with Crippen LogP contribution < -0.4 is 10.6 Å². The molecule has 0 spiro atoms. The van der Waals surface area contributed by atoms with Crippen molar-refractivity contribution in [2.75, 3.05) is 5.32 Å². The van der Waals surface area contributed by atoms with E-state index in [9.17, 15) is 4.79 Å². The van der Waals surface area contributed by atoms with Crippen LogP contribution in [0.2, 0.25) is 5.02 Å². The highest BCUT2D eigenvalue weighted by molar-refractivity contribution is 6.31. The molecular formula is C12H15ClN2O. The van der Waals surface area contributed by atoms with Crippen molar-refractivity contribution in [3.8, 4) is 0 Å². The van der Waals surface area contributed by atoms with Crippen LogP contribution in [0.3, 0.4) is 0 Å². The van der Waals surface area contributed by atoms with Crippen molar-refractivity contribution in [3.63, 3.8) is 0 Å². The van der Waals surface area contributed by atoms with Gasteiger partial charge in [0.2, 0.25) is 0 Å². The van der Waals surface area contributed by atoms with Crippen molar-refractivity contribution in [1.29, 1.82) is 0 Å². The van der Waals surface area contributed by atoms with Crippen LogP contribution in [0.1, 0.15) is 24.8 Å². The Hall–Kier alpha value is -1.22. The third-order valence-electron chi connectivity index (χ3n) is 2.96. The second kappa shape index (κ2) is 4.74. The summed E-state index contributed by atoms with van der Waals surface area (Å²) >= 11 is 5.97. The lowest BCUT2D eigenvalue weighted by molar-refractivity contribution is 0.240. The van der Waals surface area contributed by atoms with E-state index in [0.717, 1.165) is 24.1 Å². The number of carbonyl (C=O) groups is 1. The molecule has 86 valence electrons. The Bertz CT molecular complexity index is 402. The van der Waals surface area contributed by atoms with E-state index in [0.29, 0.717) is 11.1 Å². The van der Waals surface area contributed by atoms with E-state index in [-0.39, 0.29) is 6.03 Å². The molecule has 2 N–H and O–H groups in total. The summed E-state index contributed by atoms with van der Waals surface area (Å²) in [5.74, 6) is 0. The zero-order valence-electron chi connectivity index (χ0n) is 9.22. The molecule has 4 heteroatoms. The lowest BCUT2D eigenvalue weighted by atomic mass is 9.93. The normalized spacial score (nSPS) is 15.4. The van der Waals surface area contributed by atoms with Crippen molar-refractivity contribution in [2.45, 2.75) is 32.2 Å². The van der Waals surface area contributed by atoms with Crippen molar-refractivity contribution in [2.24, 2.45) is 0 Å². The van der Waals surface area contributed by atoms with E-state index in [4.69, 9.17) is 11.6 Å². The van der Waals surface area contributed by atoms with Gasteiger partial charge in [-0.15, -0.1) is 0 Å². The summed E-state index contributed by atoms with van der Waals surface area (Å²) in [6.45, 7) is 1.89. The van der Waals surface area contributed by atoms with Gasteiger partial charge in [-0.05, 0) is 43.9 Å². The van der Waals surface area contributed by atoms with Gasteiger partial charge in [-0.3, -0.25) is 0 Å². The van der Waals surface area contributed by atoms with Crippen LogP contribution in [0.15, 0.2) is 18.2 Å². The summed E-state index contributed by atoms with van der Waals surface area (Å²) in [6, 6.07) is 5.69. The van der Waals surface area contributed by atoms with Crippen LogP contribution in [0.5, 0.6) is 0 Å². The molecule has 0 saturated heterocycles. The predicted octanol–water partition coefficient (Wildman–Crippen LogP) is 3.32. The second-order valence-electron chi connectivity index (χ2n) is 4.14. The van der Waals surface area contributed by atoms with Gasteiger partial charge in [-0.1, -0.05) is 17.7 Å². The maximum absolute atomic E-state index is 11.6. The molecule has 1 aromatic rings. The fourth-order valence-electron chi connectivity index (χ4n) is 1.64. The first kappa shape index (κ1) is 11.3. The van der Waals surface area contributed by atoms with Crippen LogP contribution in [-0.2, 0) is 0 Å². The number of nitrogens with one attached hydrogen (secondary N) is 2. The fraction of sp³-hybridized carbons (Fsp3) is 0.417. The Balaban J connectivity index is 1.97. The largest absolute Gasteiger partial charge is 0.335 e. The number of rotatable bonds is 2. The summed E-state index contributed by atoms with van der Waals surface area (Å²) in [4.78, 5) is 11.6. The predicted molar refractivity (Wildman–Crippen MR) is 66.0 cm³/mol. The molecule has 1 aliphatic rings. The molecule has 2 rings (SSSR count). The Kier molecular flexibility index (Phi) is 3.34. The van der Waals surface area contributed by atoms with Crippen LogP contribution in [-0.4, -0.2) is 12.1 Å². The Morgan fingerprint density at radius 2 is 2.19 bits per heavy atom. The number of hydrogen-bond acceptors (Lipinski definition) is 1. The van der Waals surface area contributed by atoms with Crippen molar-refractivity contribution in [3.05, 3.63) is 28.8 Å². The van der Waals surface area contributed by atoms with Gasteiger partial charge in [0.1, 0.15) is 0 Å². The molecule has 16 heavy (non-hydrogen) atoms. The Labute approximate surface area is 100 Å². The first-order valence-electron chi connectivity index (χ1n) is 5.49. The molecule has 0 aliphatic heterocycles. The average Bonchev–Trinajstić information content (AvgIpc) is 2.19. The Morgan fingerprint density at radius 1 is 1.44 bits per heavy atom. The van der Waals surface area contributed by atoms with Crippen LogP contribution in [0, 0.1) is 6.92 Å². The van der Waals surface area contributed by atoms with Gasteiger partial charge in [0, 0.05) is 16.8 Å². The summed E-state index contributed by atoms with van der Waals surface area (Å²) in [5, 5.41) is 6.40. The highest BCUT2D eigenvalue weighted by atomic mass is 35.5. The minimum absolute atomic E-state index is 0.143. The highest BCUT2D eigenvalue weighted by Crippen LogP contribution is 2.23. The molecule has 0 atom stereocenters. The summed E-state index contributed by atoms with van der Waals surface area (Å²) in [7, 11) is 0. The van der Waals surface area contributed by atoms with Crippen molar-refractivity contribution in [1.82, 2.24) is 5.32 Å². The SMILES string of the molecule is Cc1c(Cl)cccc1NC(=O)NC1CCC1. The lowest BCUT2D eigenvalue weighted by Gasteiger charge is -2.26. The van der Waals surface area contributed by atoms with E-state index in [1.54, 1.807) is 0 Å². The fourth-order valence-corrected chi connectivity index (χ4v) is 1.81. The third-order valence-corrected chi connectivity index (χ3v) is 3.37. The molecule has 0 radical (unpaired) electrons. The molecule has 0 aromatic heterocycles. The molecule has 1 aromatic carbocycles. The van der Waals surface area contributed by atoms with Crippen LogP contribution in [0.25, 0.3) is 0 Å². The van der Waals surface area contributed by atoms with Crippen LogP contribution >= 0.6 is 11.6 Å². The number of halogens is 1. The smallest absolute Gasteiger partial charge is 0.319 e. The van der Waals surface area contributed by atoms with Gasteiger partial charge >= 0.3 is 6.03 Å². The maximum atomic E-state index is 11.6. The standard InChI is InChI=1S/C12H15ClN2O/c1-8-10(13)6-3-7-11(8)15-12(16)14-9-4-2-5-9/h3,6-7,9H,2,4-5H2,1H3,(H2,14,15,16). The number of urea groups is 1. The number of amides is 2. The van der Waals surface area contributed by atoms with Gasteiger partial charge in [0.25, 0.3) is 0 Å². The Morgan fingerprint density at radius 3 is 2.81 bits per heavy atom. The summed E-state index contributed by atoms with van der Waals surface area (Å²) < 4.78 is 0. The molecule has 0 heterocycles. The molecular weight excluding hydrogens is 224 g/mol. The first-order chi connectivity index (χ1) is 7.66. The van der Waals surface area contributed by atoms with Crippen molar-refractivity contribution < 1.29 is 4.79 Å². The van der Waals surface area contributed by atoms with E-state index in [1.165, 1.54) is 6.42 Å². The lowest BCUT2D eigenvalue weighted by Crippen LogP contribution is -2.41. The molecule has 1 aliphatic carbocycles. The van der Waals surface area contributed by atoms with Gasteiger partial charge in [0.15, 0.2) is 0 Å². The number of benzene rings is 1. The molecule has 2 amide bonds. The second-order valence-corrected chi connectivity index (χ2v) is 4.55. The van der Waals surface area contributed by atoms with E-state index in [1.807, 2.05) is 25.1 Å². The first-order valence-corrected chi connectivity index (χ1v) is 5.87. The molecule has 0 unspecified atom stereocenters. The summed E-state index contributed by atoms with van der Waals surface area (Å²) in [5.41, 5.74) is 1.66. The van der Waals surface area contributed by atoms with Crippen molar-refractivity contribution >= 4 is 23.3 Å². The minimum Gasteiger partial charge on any atom is -0.335 e. The zero-order valence-corrected chi connectivity index (χ0v) is 9.97. The molecule has 1 fully saturated rings. The minimum atomic E-state index is -0.143. The van der Waals surface area contributed by atoms with Gasteiger partial charge in [0.05, 0.1) is 0 Å². The molecule has 1 saturated carbocycles. The van der Waals surface area contributed by atoms with E-state index in [2.05, 4.69) is 10.6 Å². The van der Waals surface area contributed by atoms with Gasteiger partial charge in [-0.25, -0.2) is 4.79 Å². The maximum Gasteiger partial charge on any atom is 0.319 e. The molecule has 3 nitrogen and oxygen atoms in total. The van der Waals surface area contributed by atoms with Crippen LogP contribution in [0.4, 0.5) is 10.5 Å². The average molecular weight is 239 g/mol. The van der Waals surface area contributed by atoms with Gasteiger partial charge in [-0.2, -0.15) is 0 Å². The van der Waals surface area contributed by atoms with Gasteiger partial charge < -0.3 is 10.6 Å².